The zero-order valence-electron chi connectivity index (χ0n) is 10.4. The van der Waals surface area contributed by atoms with Crippen LogP contribution in [0.5, 0.6) is 0 Å². The van der Waals surface area contributed by atoms with E-state index in [1.165, 1.54) is 0 Å². The van der Waals surface area contributed by atoms with Crippen LogP contribution < -0.4 is 5.32 Å². The molecular formula is C11H19NO6. The Morgan fingerprint density at radius 1 is 1.33 bits per heavy atom. The number of aliphatic carboxylic acids is 1. The summed E-state index contributed by atoms with van der Waals surface area (Å²) >= 11 is 0. The van der Waals surface area contributed by atoms with E-state index in [9.17, 15) is 9.59 Å². The van der Waals surface area contributed by atoms with E-state index in [4.69, 9.17) is 19.3 Å². The predicted octanol–water partition coefficient (Wildman–Crippen LogP) is -0.397. The topological polar surface area (TPSA) is 94.1 Å². The van der Waals surface area contributed by atoms with Gasteiger partial charge in [-0.3, -0.25) is 9.59 Å². The van der Waals surface area contributed by atoms with Gasteiger partial charge in [0.25, 0.3) is 0 Å². The molecule has 1 heterocycles. The van der Waals surface area contributed by atoms with Gasteiger partial charge in [-0.05, 0) is 6.42 Å². The largest absolute Gasteiger partial charge is 0.481 e. The van der Waals surface area contributed by atoms with E-state index in [0.29, 0.717) is 26.2 Å². The van der Waals surface area contributed by atoms with Crippen LogP contribution in [0.3, 0.4) is 0 Å². The normalized spacial score (nSPS) is 22.4. The van der Waals surface area contributed by atoms with Crippen LogP contribution in [0.25, 0.3) is 0 Å². The third-order valence-corrected chi connectivity index (χ3v) is 2.72. The summed E-state index contributed by atoms with van der Waals surface area (Å²) in [5, 5.41) is 11.2. The van der Waals surface area contributed by atoms with Crippen molar-refractivity contribution in [2.45, 2.75) is 18.9 Å². The van der Waals surface area contributed by atoms with Crippen molar-refractivity contribution in [1.82, 2.24) is 5.32 Å². The summed E-state index contributed by atoms with van der Waals surface area (Å²) in [5.41, 5.74) is 0. The molecule has 0 spiro atoms. The number of carbonyl (C=O) groups is 2. The number of carbonyl (C=O) groups excluding carboxylic acids is 1. The quantitative estimate of drug-likeness (QED) is 0.316. The Balaban J connectivity index is 2.03. The van der Waals surface area contributed by atoms with Crippen molar-refractivity contribution in [2.24, 2.45) is 5.92 Å². The fraction of sp³-hybridized carbons (Fsp3) is 0.818. The lowest BCUT2D eigenvalue weighted by Gasteiger charge is -2.35. The molecule has 1 fully saturated rings. The lowest BCUT2D eigenvalue weighted by atomic mass is 9.86. The molecule has 1 saturated heterocycles. The first-order valence-electron chi connectivity index (χ1n) is 5.81. The van der Waals surface area contributed by atoms with Gasteiger partial charge in [-0.2, -0.15) is 0 Å². The molecule has 0 aromatic heterocycles. The number of hydrogen-bond donors (Lipinski definition) is 2. The summed E-state index contributed by atoms with van der Waals surface area (Å²) in [6, 6.07) is -0.270. The highest BCUT2D eigenvalue weighted by Gasteiger charge is 2.39. The van der Waals surface area contributed by atoms with E-state index in [1.807, 2.05) is 0 Å². The van der Waals surface area contributed by atoms with Crippen molar-refractivity contribution in [3.05, 3.63) is 0 Å². The second kappa shape index (κ2) is 8.02. The maximum atomic E-state index is 11.2. The highest BCUT2D eigenvalue weighted by molar-refractivity contribution is 5.87. The number of carboxylic acids is 1. The molecule has 0 aromatic carbocycles. The van der Waals surface area contributed by atoms with Gasteiger partial charge in [0, 0.05) is 7.11 Å². The Hall–Kier alpha value is -1.18. The van der Waals surface area contributed by atoms with Gasteiger partial charge in [0.2, 0.25) is 5.91 Å². The Labute approximate surface area is 105 Å². The van der Waals surface area contributed by atoms with E-state index >= 15 is 0 Å². The third kappa shape index (κ3) is 4.99. The van der Waals surface area contributed by atoms with E-state index in [2.05, 4.69) is 5.32 Å². The molecule has 0 saturated carbocycles. The van der Waals surface area contributed by atoms with Gasteiger partial charge in [-0.25, -0.2) is 0 Å². The van der Waals surface area contributed by atoms with Crippen molar-refractivity contribution in [2.75, 3.05) is 33.7 Å². The van der Waals surface area contributed by atoms with Crippen molar-refractivity contribution >= 4 is 11.9 Å². The minimum atomic E-state index is -0.909. The minimum Gasteiger partial charge on any atom is -0.481 e. The van der Waals surface area contributed by atoms with Gasteiger partial charge < -0.3 is 24.6 Å². The fourth-order valence-electron chi connectivity index (χ4n) is 1.72. The number of rotatable bonds is 10. The highest BCUT2D eigenvalue weighted by atomic mass is 16.7. The molecule has 0 radical (unpaired) electrons. The average molecular weight is 261 g/mol. The number of nitrogens with one attached hydrogen (secondary N) is 1. The molecule has 1 rings (SSSR count). The van der Waals surface area contributed by atoms with Gasteiger partial charge >= 0.3 is 5.97 Å². The molecule has 2 N–H and O–H groups in total. The number of hydrogen-bond acceptors (Lipinski definition) is 5. The van der Waals surface area contributed by atoms with E-state index in [0.717, 1.165) is 0 Å². The van der Waals surface area contributed by atoms with Crippen LogP contribution in [-0.2, 0) is 23.8 Å². The molecule has 2 atom stereocenters. The maximum absolute atomic E-state index is 11.2. The summed E-state index contributed by atoms with van der Waals surface area (Å²) in [4.78, 5) is 21.7. The summed E-state index contributed by atoms with van der Waals surface area (Å²) in [5.74, 6) is -1.28. The van der Waals surface area contributed by atoms with Gasteiger partial charge in [-0.15, -0.1) is 0 Å². The van der Waals surface area contributed by atoms with Crippen molar-refractivity contribution in [1.29, 1.82) is 0 Å². The zero-order chi connectivity index (χ0) is 13.4. The third-order valence-electron chi connectivity index (χ3n) is 2.72. The molecule has 7 heteroatoms. The molecule has 7 nitrogen and oxygen atoms in total. The Morgan fingerprint density at radius 3 is 2.67 bits per heavy atom. The SMILES string of the molecule is COCCOCOCC[C@@H]1C(=O)N[C@@H]1CC(=O)O. The van der Waals surface area contributed by atoms with Crippen molar-refractivity contribution in [3.63, 3.8) is 0 Å². The molecule has 1 aliphatic rings. The summed E-state index contributed by atoms with van der Waals surface area (Å²) < 4.78 is 15.1. The van der Waals surface area contributed by atoms with Crippen LogP contribution >= 0.6 is 0 Å². The predicted molar refractivity (Wildman–Crippen MR) is 60.9 cm³/mol. The molecule has 0 bridgehead atoms. The van der Waals surface area contributed by atoms with Gasteiger partial charge in [0.1, 0.15) is 6.79 Å². The van der Waals surface area contributed by atoms with Gasteiger partial charge in [0.15, 0.2) is 0 Å². The highest BCUT2D eigenvalue weighted by Crippen LogP contribution is 2.21. The van der Waals surface area contributed by atoms with Crippen molar-refractivity contribution in [3.8, 4) is 0 Å². The van der Waals surface area contributed by atoms with Crippen LogP contribution in [-0.4, -0.2) is 56.7 Å². The molecule has 0 aromatic rings. The average Bonchev–Trinajstić information content (AvgIpc) is 2.31. The lowest BCUT2D eigenvalue weighted by Crippen LogP contribution is -2.59. The van der Waals surface area contributed by atoms with Gasteiger partial charge in [-0.1, -0.05) is 0 Å². The molecule has 0 aliphatic carbocycles. The molecule has 1 amide bonds. The Morgan fingerprint density at radius 2 is 2.06 bits per heavy atom. The molecule has 1 aliphatic heterocycles. The molecular weight excluding hydrogens is 242 g/mol. The van der Waals surface area contributed by atoms with Crippen LogP contribution in [0.15, 0.2) is 0 Å². The monoisotopic (exact) mass is 261 g/mol. The fourth-order valence-corrected chi connectivity index (χ4v) is 1.72. The summed E-state index contributed by atoms with van der Waals surface area (Å²) in [6.07, 6.45) is 0.470. The Kier molecular flexibility index (Phi) is 6.63. The minimum absolute atomic E-state index is 0.0409. The second-order valence-electron chi connectivity index (χ2n) is 4.04. The van der Waals surface area contributed by atoms with E-state index in [1.54, 1.807) is 7.11 Å². The maximum Gasteiger partial charge on any atom is 0.305 e. The van der Waals surface area contributed by atoms with Crippen LogP contribution in [0.4, 0.5) is 0 Å². The molecule has 0 unspecified atom stereocenters. The first-order valence-corrected chi connectivity index (χ1v) is 5.81. The van der Waals surface area contributed by atoms with E-state index < -0.39 is 5.97 Å². The number of methoxy groups -OCH3 is 1. The summed E-state index contributed by atoms with van der Waals surface area (Å²) in [7, 11) is 1.59. The first kappa shape index (κ1) is 14.9. The number of amides is 1. The number of β-lactam (4-membered cyclic amide) rings is 1. The van der Waals surface area contributed by atoms with Crippen molar-refractivity contribution < 1.29 is 28.9 Å². The van der Waals surface area contributed by atoms with Crippen LogP contribution in [0, 0.1) is 5.92 Å². The molecule has 18 heavy (non-hydrogen) atoms. The standard InChI is InChI=1S/C11H19NO6/c1-16-4-5-18-7-17-3-2-8-9(6-10(13)14)12-11(8)15/h8-9H,2-7H2,1H3,(H,12,15)(H,13,14)/t8-,9+/m0/s1. The Bertz CT molecular complexity index is 283. The number of ether oxygens (including phenoxy) is 3. The van der Waals surface area contributed by atoms with E-state index in [-0.39, 0.29) is 31.1 Å². The first-order chi connectivity index (χ1) is 8.65. The van der Waals surface area contributed by atoms with Gasteiger partial charge in [0.05, 0.1) is 38.2 Å². The van der Waals surface area contributed by atoms with Crippen LogP contribution in [0.1, 0.15) is 12.8 Å². The smallest absolute Gasteiger partial charge is 0.305 e. The zero-order valence-corrected chi connectivity index (χ0v) is 10.4. The lowest BCUT2D eigenvalue weighted by molar-refractivity contribution is -0.144. The number of carboxylic acid groups (broad SMARTS) is 1. The second-order valence-corrected chi connectivity index (χ2v) is 4.04. The van der Waals surface area contributed by atoms with Crippen LogP contribution in [0.2, 0.25) is 0 Å². The molecule has 104 valence electrons. The summed E-state index contributed by atoms with van der Waals surface area (Å²) in [6.45, 7) is 1.50.